The molecule has 1 heterocycles. The van der Waals surface area contributed by atoms with Crippen molar-refractivity contribution >= 4 is 5.91 Å². The molecule has 1 atom stereocenters. The van der Waals surface area contributed by atoms with E-state index >= 15 is 0 Å². The lowest BCUT2D eigenvalue weighted by molar-refractivity contribution is -0.125. The van der Waals surface area contributed by atoms with Gasteiger partial charge in [0.15, 0.2) is 0 Å². The number of carbonyl (C=O) groups is 1. The van der Waals surface area contributed by atoms with Crippen LogP contribution in [0, 0.1) is 11.8 Å². The Morgan fingerprint density at radius 1 is 1.20 bits per heavy atom. The molecule has 0 fully saturated rings. The molecule has 2 rings (SSSR count). The summed E-state index contributed by atoms with van der Waals surface area (Å²) in [6.45, 7) is 6.65. The van der Waals surface area contributed by atoms with Gasteiger partial charge in [-0.25, -0.2) is 0 Å². The normalized spacial score (nSPS) is 12.4. The number of aromatic nitrogens is 2. The molecule has 0 bridgehead atoms. The smallest absolute Gasteiger partial charge is 0.223 e. The molecule has 20 heavy (non-hydrogen) atoms. The van der Waals surface area contributed by atoms with E-state index in [0.717, 1.165) is 16.8 Å². The average molecular weight is 271 g/mol. The van der Waals surface area contributed by atoms with Gasteiger partial charge in [0.1, 0.15) is 0 Å². The van der Waals surface area contributed by atoms with E-state index in [1.807, 2.05) is 37.3 Å². The first-order valence-corrected chi connectivity index (χ1v) is 6.94. The van der Waals surface area contributed by atoms with Crippen LogP contribution < -0.4 is 5.32 Å². The first-order valence-electron chi connectivity index (χ1n) is 6.94. The number of nitrogens with one attached hydrogen (secondary N) is 2. The van der Waals surface area contributed by atoms with E-state index in [2.05, 4.69) is 29.4 Å². The summed E-state index contributed by atoms with van der Waals surface area (Å²) in [5.41, 5.74) is 3.18. The minimum atomic E-state index is 0.0410. The molecule has 2 N–H and O–H groups in total. The predicted octanol–water partition coefficient (Wildman–Crippen LogP) is 2.99. The van der Waals surface area contributed by atoms with Crippen LogP contribution in [0.4, 0.5) is 0 Å². The molecule has 0 radical (unpaired) electrons. The molecule has 4 heteroatoms. The summed E-state index contributed by atoms with van der Waals surface area (Å²) in [4.78, 5) is 11.9. The van der Waals surface area contributed by atoms with E-state index < -0.39 is 0 Å². The van der Waals surface area contributed by atoms with Crippen LogP contribution in [0.1, 0.15) is 26.3 Å². The van der Waals surface area contributed by atoms with Crippen LogP contribution in [-0.4, -0.2) is 16.1 Å². The molecule has 0 aliphatic rings. The molecule has 4 nitrogen and oxygen atoms in total. The van der Waals surface area contributed by atoms with Crippen molar-refractivity contribution in [3.8, 4) is 11.3 Å². The summed E-state index contributed by atoms with van der Waals surface area (Å²) in [6.07, 6.45) is 1.73. The lowest BCUT2D eigenvalue weighted by atomic mass is 9.97. The van der Waals surface area contributed by atoms with E-state index in [9.17, 15) is 4.79 Å². The highest BCUT2D eigenvalue weighted by molar-refractivity contribution is 5.78. The van der Waals surface area contributed by atoms with Gasteiger partial charge in [-0.15, -0.1) is 0 Å². The fraction of sp³-hybridized carbons (Fsp3) is 0.375. The van der Waals surface area contributed by atoms with Crippen molar-refractivity contribution in [1.29, 1.82) is 0 Å². The number of hydrogen-bond acceptors (Lipinski definition) is 2. The maximum Gasteiger partial charge on any atom is 0.223 e. The Morgan fingerprint density at radius 3 is 2.45 bits per heavy atom. The zero-order valence-electron chi connectivity index (χ0n) is 12.2. The van der Waals surface area contributed by atoms with Crippen molar-refractivity contribution in [2.75, 3.05) is 0 Å². The number of hydrogen-bond donors (Lipinski definition) is 2. The quantitative estimate of drug-likeness (QED) is 0.878. The van der Waals surface area contributed by atoms with Crippen LogP contribution in [0.3, 0.4) is 0 Å². The molecule has 0 saturated carbocycles. The summed E-state index contributed by atoms with van der Waals surface area (Å²) in [6, 6.07) is 10.0. The van der Waals surface area contributed by atoms with Crippen LogP contribution in [0.15, 0.2) is 36.5 Å². The first kappa shape index (κ1) is 14.3. The lowest BCUT2D eigenvalue weighted by Gasteiger charge is -2.15. The number of benzene rings is 1. The van der Waals surface area contributed by atoms with Crippen LogP contribution in [-0.2, 0) is 11.3 Å². The fourth-order valence-corrected chi connectivity index (χ4v) is 1.87. The molecule has 1 unspecified atom stereocenters. The maximum absolute atomic E-state index is 11.9. The monoisotopic (exact) mass is 271 g/mol. The van der Waals surface area contributed by atoms with E-state index in [-0.39, 0.29) is 11.8 Å². The predicted molar refractivity (Wildman–Crippen MR) is 79.9 cm³/mol. The SMILES string of the molecule is CC(C)C(C)C(=O)NCc1ccc(-c2ccn[nH]2)cc1. The van der Waals surface area contributed by atoms with Crippen LogP contribution in [0.25, 0.3) is 11.3 Å². The molecular weight excluding hydrogens is 250 g/mol. The fourth-order valence-electron chi connectivity index (χ4n) is 1.87. The van der Waals surface area contributed by atoms with E-state index in [1.165, 1.54) is 0 Å². The third kappa shape index (κ3) is 3.47. The largest absolute Gasteiger partial charge is 0.352 e. The second kappa shape index (κ2) is 6.37. The van der Waals surface area contributed by atoms with Gasteiger partial charge in [0.05, 0.1) is 5.69 Å². The Hall–Kier alpha value is -2.10. The second-order valence-corrected chi connectivity index (χ2v) is 5.42. The summed E-state index contributed by atoms with van der Waals surface area (Å²) in [5.74, 6) is 0.509. The number of amides is 1. The Bertz CT molecular complexity index is 544. The highest BCUT2D eigenvalue weighted by Gasteiger charge is 2.15. The zero-order valence-corrected chi connectivity index (χ0v) is 12.2. The summed E-state index contributed by atoms with van der Waals surface area (Å²) in [7, 11) is 0. The number of rotatable bonds is 5. The molecule has 0 spiro atoms. The van der Waals surface area contributed by atoms with E-state index in [0.29, 0.717) is 12.5 Å². The average Bonchev–Trinajstić information content (AvgIpc) is 2.98. The Labute approximate surface area is 119 Å². The molecule has 1 aromatic heterocycles. The number of carbonyl (C=O) groups excluding carboxylic acids is 1. The van der Waals surface area contributed by atoms with Crippen LogP contribution in [0.2, 0.25) is 0 Å². The standard InChI is InChI=1S/C16H21N3O/c1-11(2)12(3)16(20)17-10-13-4-6-14(7-5-13)15-8-9-18-19-15/h4-9,11-12H,10H2,1-3H3,(H,17,20)(H,18,19). The van der Waals surface area contributed by atoms with E-state index in [4.69, 9.17) is 0 Å². The minimum Gasteiger partial charge on any atom is -0.352 e. The molecule has 2 aromatic rings. The van der Waals surface area contributed by atoms with Crippen LogP contribution in [0.5, 0.6) is 0 Å². The number of nitrogens with zero attached hydrogens (tertiary/aromatic N) is 1. The summed E-state index contributed by atoms with van der Waals surface area (Å²) in [5, 5.41) is 9.84. The third-order valence-corrected chi connectivity index (χ3v) is 3.65. The zero-order chi connectivity index (χ0) is 14.5. The van der Waals surface area contributed by atoms with Gasteiger partial charge >= 0.3 is 0 Å². The van der Waals surface area contributed by atoms with Gasteiger partial charge in [-0.05, 0) is 23.1 Å². The topological polar surface area (TPSA) is 57.8 Å². The van der Waals surface area contributed by atoms with Gasteiger partial charge in [0.2, 0.25) is 5.91 Å². The Kier molecular flexibility index (Phi) is 4.56. The van der Waals surface area contributed by atoms with Gasteiger partial charge in [-0.3, -0.25) is 9.89 Å². The highest BCUT2D eigenvalue weighted by Crippen LogP contribution is 2.16. The Morgan fingerprint density at radius 2 is 1.90 bits per heavy atom. The van der Waals surface area contributed by atoms with Gasteiger partial charge in [0.25, 0.3) is 0 Å². The molecule has 106 valence electrons. The van der Waals surface area contributed by atoms with Gasteiger partial charge in [0, 0.05) is 18.7 Å². The molecule has 0 aliphatic carbocycles. The van der Waals surface area contributed by atoms with Crippen molar-refractivity contribution in [3.05, 3.63) is 42.1 Å². The molecular formula is C16H21N3O. The van der Waals surface area contributed by atoms with Crippen molar-refractivity contribution in [2.24, 2.45) is 11.8 Å². The summed E-state index contributed by atoms with van der Waals surface area (Å²) >= 11 is 0. The van der Waals surface area contributed by atoms with Crippen molar-refractivity contribution in [3.63, 3.8) is 0 Å². The molecule has 1 aromatic carbocycles. The minimum absolute atomic E-state index is 0.0410. The van der Waals surface area contributed by atoms with Crippen LogP contribution >= 0.6 is 0 Å². The maximum atomic E-state index is 11.9. The van der Waals surface area contributed by atoms with Crippen molar-refractivity contribution in [2.45, 2.75) is 27.3 Å². The summed E-state index contributed by atoms with van der Waals surface area (Å²) < 4.78 is 0. The number of H-pyrrole nitrogens is 1. The second-order valence-electron chi connectivity index (χ2n) is 5.42. The molecule has 1 amide bonds. The van der Waals surface area contributed by atoms with Gasteiger partial charge in [-0.2, -0.15) is 5.10 Å². The van der Waals surface area contributed by atoms with Gasteiger partial charge in [-0.1, -0.05) is 45.0 Å². The molecule has 0 aliphatic heterocycles. The lowest BCUT2D eigenvalue weighted by Crippen LogP contribution is -2.31. The first-order chi connectivity index (χ1) is 9.58. The Balaban J connectivity index is 1.93. The van der Waals surface area contributed by atoms with Crippen molar-refractivity contribution in [1.82, 2.24) is 15.5 Å². The van der Waals surface area contributed by atoms with E-state index in [1.54, 1.807) is 6.20 Å². The van der Waals surface area contributed by atoms with Gasteiger partial charge < -0.3 is 5.32 Å². The molecule has 0 saturated heterocycles. The highest BCUT2D eigenvalue weighted by atomic mass is 16.1. The number of aromatic amines is 1. The van der Waals surface area contributed by atoms with Crippen molar-refractivity contribution < 1.29 is 4.79 Å². The third-order valence-electron chi connectivity index (χ3n) is 3.65.